The van der Waals surface area contributed by atoms with Crippen LogP contribution >= 0.6 is 0 Å². The first-order valence-corrected chi connectivity index (χ1v) is 5.10. The summed E-state index contributed by atoms with van der Waals surface area (Å²) in [5, 5.41) is 0. The molecule has 0 aromatic carbocycles. The molecule has 2 fully saturated rings. The van der Waals surface area contributed by atoms with Gasteiger partial charge in [0.1, 0.15) is 0 Å². The Morgan fingerprint density at radius 2 is 1.55 bits per heavy atom. The summed E-state index contributed by atoms with van der Waals surface area (Å²) in [7, 11) is 0. The van der Waals surface area contributed by atoms with Crippen LogP contribution < -0.4 is 5.73 Å². The zero-order valence-electron chi connectivity index (χ0n) is 7.26. The van der Waals surface area contributed by atoms with Crippen LogP contribution in [-0.4, -0.2) is 6.54 Å². The standard InChI is InChI=1S/C10H19N/c11-7-8-5-9-3-1-2-4-10(9)6-8/h8-10H,1-7,11H2/t8?,9-,10+. The van der Waals surface area contributed by atoms with E-state index in [9.17, 15) is 0 Å². The van der Waals surface area contributed by atoms with Gasteiger partial charge >= 0.3 is 0 Å². The Kier molecular flexibility index (Phi) is 2.17. The molecule has 0 radical (unpaired) electrons. The topological polar surface area (TPSA) is 26.0 Å². The molecule has 2 aliphatic carbocycles. The molecule has 0 aliphatic heterocycles. The van der Waals surface area contributed by atoms with Crippen molar-refractivity contribution < 1.29 is 0 Å². The van der Waals surface area contributed by atoms with Gasteiger partial charge in [-0.2, -0.15) is 0 Å². The van der Waals surface area contributed by atoms with E-state index in [1.807, 2.05) is 0 Å². The van der Waals surface area contributed by atoms with Gasteiger partial charge in [0.15, 0.2) is 0 Å². The minimum atomic E-state index is 0.878. The fourth-order valence-corrected chi connectivity index (χ4v) is 3.05. The van der Waals surface area contributed by atoms with E-state index in [2.05, 4.69) is 0 Å². The van der Waals surface area contributed by atoms with Crippen molar-refractivity contribution in [2.45, 2.75) is 38.5 Å². The van der Waals surface area contributed by atoms with Crippen LogP contribution in [0.3, 0.4) is 0 Å². The molecule has 2 aliphatic rings. The maximum absolute atomic E-state index is 5.69. The lowest BCUT2D eigenvalue weighted by molar-refractivity contribution is 0.277. The number of nitrogens with two attached hydrogens (primary N) is 1. The summed E-state index contributed by atoms with van der Waals surface area (Å²) in [5.41, 5.74) is 5.69. The number of hydrogen-bond acceptors (Lipinski definition) is 1. The fraction of sp³-hybridized carbons (Fsp3) is 1.00. The summed E-state index contributed by atoms with van der Waals surface area (Å²) in [4.78, 5) is 0. The minimum Gasteiger partial charge on any atom is -0.330 e. The van der Waals surface area contributed by atoms with Crippen molar-refractivity contribution in [3.63, 3.8) is 0 Å². The average molecular weight is 153 g/mol. The Balaban J connectivity index is 1.92. The molecular weight excluding hydrogens is 134 g/mol. The Labute approximate surface area is 69.4 Å². The Morgan fingerprint density at radius 1 is 1.00 bits per heavy atom. The maximum Gasteiger partial charge on any atom is -0.00487 e. The molecule has 0 aromatic rings. The first-order valence-electron chi connectivity index (χ1n) is 5.10. The van der Waals surface area contributed by atoms with E-state index in [1.54, 1.807) is 0 Å². The molecule has 11 heavy (non-hydrogen) atoms. The quantitative estimate of drug-likeness (QED) is 0.614. The summed E-state index contributed by atoms with van der Waals surface area (Å²) in [6, 6.07) is 0. The van der Waals surface area contributed by atoms with Gasteiger partial charge in [0.2, 0.25) is 0 Å². The third kappa shape index (κ3) is 1.44. The summed E-state index contributed by atoms with van der Waals surface area (Å²) < 4.78 is 0. The van der Waals surface area contributed by atoms with Crippen LogP contribution in [0.2, 0.25) is 0 Å². The van der Waals surface area contributed by atoms with Gasteiger partial charge in [-0.15, -0.1) is 0 Å². The zero-order valence-corrected chi connectivity index (χ0v) is 7.26. The summed E-state index contributed by atoms with van der Waals surface area (Å²) in [6.45, 7) is 0.938. The van der Waals surface area contributed by atoms with E-state index in [1.165, 1.54) is 38.5 Å². The molecule has 0 spiro atoms. The number of fused-ring (bicyclic) bond motifs is 1. The van der Waals surface area contributed by atoms with Gasteiger partial charge < -0.3 is 5.73 Å². The predicted octanol–water partition coefficient (Wildman–Crippen LogP) is 2.16. The lowest BCUT2D eigenvalue weighted by Crippen LogP contribution is -2.12. The molecule has 0 aromatic heterocycles. The van der Waals surface area contributed by atoms with Crippen molar-refractivity contribution in [2.75, 3.05) is 6.54 Å². The van der Waals surface area contributed by atoms with Crippen LogP contribution in [-0.2, 0) is 0 Å². The zero-order chi connectivity index (χ0) is 7.68. The van der Waals surface area contributed by atoms with Crippen molar-refractivity contribution >= 4 is 0 Å². The normalized spacial score (nSPS) is 43.9. The third-order valence-electron chi connectivity index (χ3n) is 3.67. The molecule has 2 rings (SSSR count). The predicted molar refractivity (Wildman–Crippen MR) is 47.2 cm³/mol. The van der Waals surface area contributed by atoms with Crippen LogP contribution in [0.15, 0.2) is 0 Å². The summed E-state index contributed by atoms with van der Waals surface area (Å²) in [6.07, 6.45) is 8.86. The van der Waals surface area contributed by atoms with E-state index < -0.39 is 0 Å². The van der Waals surface area contributed by atoms with Gasteiger partial charge in [0.05, 0.1) is 0 Å². The van der Waals surface area contributed by atoms with Gasteiger partial charge in [0.25, 0.3) is 0 Å². The molecule has 2 saturated carbocycles. The molecule has 0 saturated heterocycles. The highest BCUT2D eigenvalue weighted by molar-refractivity contribution is 4.86. The molecular formula is C10H19N. The van der Waals surface area contributed by atoms with Crippen LogP contribution in [0, 0.1) is 17.8 Å². The molecule has 64 valence electrons. The molecule has 2 N–H and O–H groups in total. The van der Waals surface area contributed by atoms with Crippen molar-refractivity contribution in [1.29, 1.82) is 0 Å². The second-order valence-corrected chi connectivity index (χ2v) is 4.38. The molecule has 0 bridgehead atoms. The second kappa shape index (κ2) is 3.14. The molecule has 0 amide bonds. The first-order chi connectivity index (χ1) is 5.40. The highest BCUT2D eigenvalue weighted by Crippen LogP contribution is 2.44. The van der Waals surface area contributed by atoms with Crippen LogP contribution in [0.4, 0.5) is 0 Å². The van der Waals surface area contributed by atoms with Crippen molar-refractivity contribution in [3.8, 4) is 0 Å². The monoisotopic (exact) mass is 153 g/mol. The van der Waals surface area contributed by atoms with E-state index in [4.69, 9.17) is 5.73 Å². The van der Waals surface area contributed by atoms with Crippen LogP contribution in [0.1, 0.15) is 38.5 Å². The highest BCUT2D eigenvalue weighted by Gasteiger charge is 2.34. The molecule has 1 unspecified atom stereocenters. The lowest BCUT2D eigenvalue weighted by Gasteiger charge is -2.24. The molecule has 0 heterocycles. The van der Waals surface area contributed by atoms with Gasteiger partial charge in [-0.05, 0) is 37.1 Å². The van der Waals surface area contributed by atoms with E-state index in [0.717, 1.165) is 24.3 Å². The lowest BCUT2D eigenvalue weighted by atomic mass is 9.82. The largest absolute Gasteiger partial charge is 0.330 e. The fourth-order valence-electron chi connectivity index (χ4n) is 3.05. The van der Waals surface area contributed by atoms with Gasteiger partial charge in [-0.3, -0.25) is 0 Å². The first kappa shape index (κ1) is 7.60. The van der Waals surface area contributed by atoms with Crippen LogP contribution in [0.25, 0.3) is 0 Å². The van der Waals surface area contributed by atoms with Crippen molar-refractivity contribution in [2.24, 2.45) is 23.5 Å². The van der Waals surface area contributed by atoms with E-state index in [0.29, 0.717) is 0 Å². The summed E-state index contributed by atoms with van der Waals surface area (Å²) >= 11 is 0. The van der Waals surface area contributed by atoms with Gasteiger partial charge in [0, 0.05) is 0 Å². The summed E-state index contributed by atoms with van der Waals surface area (Å²) in [5.74, 6) is 3.01. The highest BCUT2D eigenvalue weighted by atomic mass is 14.6. The van der Waals surface area contributed by atoms with E-state index in [-0.39, 0.29) is 0 Å². The Hall–Kier alpha value is -0.0400. The minimum absolute atomic E-state index is 0.878. The molecule has 1 nitrogen and oxygen atoms in total. The number of hydrogen-bond donors (Lipinski definition) is 1. The Morgan fingerprint density at radius 3 is 2.00 bits per heavy atom. The van der Waals surface area contributed by atoms with Crippen molar-refractivity contribution in [1.82, 2.24) is 0 Å². The smallest absolute Gasteiger partial charge is 0.00487 e. The Bertz CT molecular complexity index is 119. The van der Waals surface area contributed by atoms with Gasteiger partial charge in [-0.25, -0.2) is 0 Å². The number of rotatable bonds is 1. The third-order valence-corrected chi connectivity index (χ3v) is 3.67. The van der Waals surface area contributed by atoms with E-state index >= 15 is 0 Å². The molecule has 1 heteroatoms. The SMILES string of the molecule is NCC1C[C@H]2CCCC[C@H]2C1. The molecule has 3 atom stereocenters. The van der Waals surface area contributed by atoms with Crippen LogP contribution in [0.5, 0.6) is 0 Å². The average Bonchev–Trinajstić information content (AvgIpc) is 2.46. The second-order valence-electron chi connectivity index (χ2n) is 4.38. The van der Waals surface area contributed by atoms with Crippen molar-refractivity contribution in [3.05, 3.63) is 0 Å². The maximum atomic E-state index is 5.69. The van der Waals surface area contributed by atoms with Gasteiger partial charge in [-0.1, -0.05) is 25.7 Å².